The van der Waals surface area contributed by atoms with Crippen LogP contribution in [0.25, 0.3) is 32.2 Å². The molecule has 12 heteroatoms. The number of hydrogen-bond donors (Lipinski definition) is 1. The number of pyridine rings is 1. The van der Waals surface area contributed by atoms with E-state index in [2.05, 4.69) is 9.97 Å². The van der Waals surface area contributed by atoms with Gasteiger partial charge in [-0.05, 0) is 62.5 Å². The van der Waals surface area contributed by atoms with Crippen LogP contribution >= 0.6 is 22.9 Å². The molecule has 0 fully saturated rings. The van der Waals surface area contributed by atoms with Crippen molar-refractivity contribution >= 4 is 44.1 Å². The molecule has 0 saturated carbocycles. The summed E-state index contributed by atoms with van der Waals surface area (Å²) in [4.78, 5) is 21.9. The molecule has 1 N–H and O–H groups in total. The van der Waals surface area contributed by atoms with Gasteiger partial charge in [-0.15, -0.1) is 11.3 Å². The van der Waals surface area contributed by atoms with Gasteiger partial charge in [-0.1, -0.05) is 11.6 Å². The lowest BCUT2D eigenvalue weighted by Crippen LogP contribution is -2.27. The molecule has 0 aliphatic rings. The first-order valence-electron chi connectivity index (χ1n) is 12.3. The molecule has 2 aromatic carbocycles. The number of aromatic nitrogens is 3. The van der Waals surface area contributed by atoms with E-state index in [4.69, 9.17) is 16.3 Å². The molecule has 0 radical (unpaired) electrons. The van der Waals surface area contributed by atoms with Gasteiger partial charge in [0.15, 0.2) is 0 Å². The third-order valence-electron chi connectivity index (χ3n) is 6.61. The van der Waals surface area contributed by atoms with Crippen molar-refractivity contribution in [2.45, 2.75) is 39.1 Å². The fourth-order valence-electron chi connectivity index (χ4n) is 4.64. The minimum Gasteiger partial charge on any atom is -0.491 e. The number of ether oxygens (including phenoxy) is 1. The van der Waals surface area contributed by atoms with Crippen LogP contribution in [0.5, 0.6) is 5.75 Å². The molecule has 7 nitrogen and oxygen atoms in total. The Bertz CT molecular complexity index is 1920. The number of thiophene rings is 1. The highest BCUT2D eigenvalue weighted by Gasteiger charge is 2.32. The lowest BCUT2D eigenvalue weighted by molar-refractivity contribution is -0.137. The minimum atomic E-state index is -4.69. The first kappa shape index (κ1) is 28.5. The number of alkyl halides is 3. The van der Waals surface area contributed by atoms with Crippen LogP contribution in [0.4, 0.5) is 13.2 Å². The Morgan fingerprint density at radius 3 is 2.61 bits per heavy atom. The summed E-state index contributed by atoms with van der Waals surface area (Å²) in [6, 6.07) is 10.1. The third kappa shape index (κ3) is 5.38. The van der Waals surface area contributed by atoms with Crippen LogP contribution in [0.15, 0.2) is 52.8 Å². The number of halogens is 4. The highest BCUT2D eigenvalue weighted by Crippen LogP contribution is 2.41. The molecule has 5 aromatic rings. The summed E-state index contributed by atoms with van der Waals surface area (Å²) in [5, 5.41) is 22.2. The summed E-state index contributed by atoms with van der Waals surface area (Å²) in [5.41, 5.74) is -0.519. The fraction of sp³-hybridized carbons (Fsp3) is 0.241. The normalized spacial score (nSPS) is 12.2. The average molecular weight is 599 g/mol. The molecule has 3 aromatic heterocycles. The van der Waals surface area contributed by atoms with E-state index in [-0.39, 0.29) is 29.9 Å². The maximum Gasteiger partial charge on any atom is 0.416 e. The molecule has 0 aliphatic carbocycles. The standard InChI is InChI=1S/C29H22ClF3N4O3S/c1-15-36-22-11-17(29(31,32)33)10-16(13-34)24(22)27(38)37(15)8-9-40-23-5-4-18(30)12-20(23)19-6-7-35-25-21(28(2,3)39)14-41-26(19)25/h4-7,10-12,14,39H,8-9H2,1-3H3. The third-order valence-corrected chi connectivity index (χ3v) is 7.85. The molecule has 0 spiro atoms. The SMILES string of the molecule is Cc1nc2cc(C(F)(F)F)cc(C#N)c2c(=O)n1CCOc1ccc(Cl)cc1-c1ccnc2c(C(C)(C)O)csc12. The van der Waals surface area contributed by atoms with Crippen LogP contribution in [0, 0.1) is 18.3 Å². The predicted octanol–water partition coefficient (Wildman–Crippen LogP) is 6.83. The van der Waals surface area contributed by atoms with Crippen molar-refractivity contribution in [3.05, 3.63) is 85.9 Å². The molecule has 210 valence electrons. The fourth-order valence-corrected chi connectivity index (χ4v) is 6.02. The second-order valence-corrected chi connectivity index (χ2v) is 11.2. The Labute approximate surface area is 241 Å². The number of aryl methyl sites for hydroxylation is 1. The summed E-state index contributed by atoms with van der Waals surface area (Å²) in [5.74, 6) is 0.659. The number of benzene rings is 2. The maximum atomic E-state index is 13.3. The number of hydrogen-bond acceptors (Lipinski definition) is 7. The highest BCUT2D eigenvalue weighted by molar-refractivity contribution is 7.18. The number of fused-ring (bicyclic) bond motifs is 2. The molecule has 0 amide bonds. The van der Waals surface area contributed by atoms with E-state index in [1.165, 1.54) is 22.8 Å². The Hall–Kier alpha value is -3.98. The topological polar surface area (TPSA) is 101 Å². The van der Waals surface area contributed by atoms with Gasteiger partial charge >= 0.3 is 6.18 Å². The molecule has 0 saturated heterocycles. The Morgan fingerprint density at radius 1 is 1.17 bits per heavy atom. The molecular weight excluding hydrogens is 577 g/mol. The van der Waals surface area contributed by atoms with Gasteiger partial charge < -0.3 is 9.84 Å². The van der Waals surface area contributed by atoms with Gasteiger partial charge in [-0.3, -0.25) is 14.3 Å². The zero-order valence-corrected chi connectivity index (χ0v) is 23.6. The Morgan fingerprint density at radius 2 is 1.93 bits per heavy atom. The molecule has 0 bridgehead atoms. The molecule has 0 aliphatic heterocycles. The number of rotatable bonds is 6. The lowest BCUT2D eigenvalue weighted by Gasteiger charge is -2.17. The summed E-state index contributed by atoms with van der Waals surface area (Å²) in [7, 11) is 0. The van der Waals surface area contributed by atoms with Gasteiger partial charge in [0.25, 0.3) is 5.56 Å². The van der Waals surface area contributed by atoms with E-state index >= 15 is 0 Å². The molecule has 41 heavy (non-hydrogen) atoms. The van der Waals surface area contributed by atoms with E-state index in [0.717, 1.165) is 16.3 Å². The van der Waals surface area contributed by atoms with Crippen LogP contribution in [0.3, 0.4) is 0 Å². The van der Waals surface area contributed by atoms with Gasteiger partial charge in [0, 0.05) is 27.9 Å². The maximum absolute atomic E-state index is 13.3. The van der Waals surface area contributed by atoms with Crippen LogP contribution in [-0.2, 0) is 18.3 Å². The Balaban J connectivity index is 1.49. The molecule has 0 atom stereocenters. The summed E-state index contributed by atoms with van der Waals surface area (Å²) in [6.07, 6.45) is -3.04. The predicted molar refractivity (Wildman–Crippen MR) is 151 cm³/mol. The molecular formula is C29H22ClF3N4O3S. The smallest absolute Gasteiger partial charge is 0.416 e. The van der Waals surface area contributed by atoms with Gasteiger partial charge in [0.05, 0.1) is 44.4 Å². The summed E-state index contributed by atoms with van der Waals surface area (Å²) in [6.45, 7) is 4.92. The van der Waals surface area contributed by atoms with Gasteiger partial charge in [0.1, 0.15) is 24.3 Å². The number of nitrogens with zero attached hydrogens (tertiary/aromatic N) is 4. The van der Waals surface area contributed by atoms with Crippen molar-refractivity contribution in [1.29, 1.82) is 5.26 Å². The van der Waals surface area contributed by atoms with Crippen molar-refractivity contribution in [3.63, 3.8) is 0 Å². The number of aliphatic hydroxyl groups is 1. The van der Waals surface area contributed by atoms with Crippen molar-refractivity contribution in [2.75, 3.05) is 6.61 Å². The lowest BCUT2D eigenvalue weighted by atomic mass is 9.98. The van der Waals surface area contributed by atoms with Crippen LogP contribution in [-0.4, -0.2) is 26.2 Å². The largest absolute Gasteiger partial charge is 0.491 e. The molecule has 5 rings (SSSR count). The van der Waals surface area contributed by atoms with Gasteiger partial charge in [0.2, 0.25) is 0 Å². The van der Waals surface area contributed by atoms with Crippen molar-refractivity contribution in [1.82, 2.24) is 14.5 Å². The Kier molecular flexibility index (Phi) is 7.27. The van der Waals surface area contributed by atoms with E-state index in [0.29, 0.717) is 33.5 Å². The number of nitriles is 1. The van der Waals surface area contributed by atoms with Crippen molar-refractivity contribution < 1.29 is 23.0 Å². The van der Waals surface area contributed by atoms with E-state index in [1.54, 1.807) is 44.3 Å². The summed E-state index contributed by atoms with van der Waals surface area (Å²) < 4.78 is 48.1. The average Bonchev–Trinajstić information content (AvgIpc) is 3.35. The van der Waals surface area contributed by atoms with Crippen molar-refractivity contribution in [3.8, 4) is 22.9 Å². The summed E-state index contributed by atoms with van der Waals surface area (Å²) >= 11 is 7.77. The van der Waals surface area contributed by atoms with Gasteiger partial charge in [-0.25, -0.2) is 4.98 Å². The van der Waals surface area contributed by atoms with E-state index < -0.39 is 28.5 Å². The monoisotopic (exact) mass is 598 g/mol. The van der Waals surface area contributed by atoms with Gasteiger partial charge in [-0.2, -0.15) is 18.4 Å². The van der Waals surface area contributed by atoms with Crippen LogP contribution < -0.4 is 10.3 Å². The molecule has 3 heterocycles. The minimum absolute atomic E-state index is 0.0126. The molecule has 0 unspecified atom stereocenters. The van der Waals surface area contributed by atoms with Crippen LogP contribution in [0.2, 0.25) is 5.02 Å². The first-order chi connectivity index (χ1) is 19.3. The van der Waals surface area contributed by atoms with Crippen LogP contribution in [0.1, 0.15) is 36.4 Å². The zero-order chi connectivity index (χ0) is 29.7. The second-order valence-electron chi connectivity index (χ2n) is 9.88. The second kappa shape index (κ2) is 10.4. The quantitative estimate of drug-likeness (QED) is 0.230. The highest BCUT2D eigenvalue weighted by atomic mass is 35.5. The van der Waals surface area contributed by atoms with E-state index in [9.17, 15) is 28.3 Å². The van der Waals surface area contributed by atoms with Crippen molar-refractivity contribution in [2.24, 2.45) is 0 Å². The first-order valence-corrected chi connectivity index (χ1v) is 13.6. The zero-order valence-electron chi connectivity index (χ0n) is 22.0. The van der Waals surface area contributed by atoms with E-state index in [1.807, 2.05) is 11.4 Å².